The topological polar surface area (TPSA) is 37.4 Å². The quantitative estimate of drug-likeness (QED) is 0.889. The number of aromatic nitrogens is 1. The van der Waals surface area contributed by atoms with E-state index >= 15 is 0 Å². The average Bonchev–Trinajstić information content (AvgIpc) is 2.83. The van der Waals surface area contributed by atoms with E-state index in [1.807, 2.05) is 20.2 Å². The molecular formula is C14H18FN3OS. The highest BCUT2D eigenvalue weighted by atomic mass is 32.1. The van der Waals surface area contributed by atoms with Crippen molar-refractivity contribution < 1.29 is 9.13 Å². The molecule has 0 saturated heterocycles. The Labute approximate surface area is 122 Å². The van der Waals surface area contributed by atoms with Gasteiger partial charge in [-0.3, -0.25) is 0 Å². The zero-order valence-electron chi connectivity index (χ0n) is 11.8. The van der Waals surface area contributed by atoms with Crippen LogP contribution in [0.15, 0.2) is 24.3 Å². The van der Waals surface area contributed by atoms with E-state index in [2.05, 4.69) is 10.3 Å². The molecule has 0 saturated carbocycles. The number of hydrogen-bond donors (Lipinski definition) is 1. The second-order valence-electron chi connectivity index (χ2n) is 4.34. The fraction of sp³-hybridized carbons (Fsp3) is 0.357. The molecule has 0 amide bonds. The van der Waals surface area contributed by atoms with E-state index in [4.69, 9.17) is 4.74 Å². The lowest BCUT2D eigenvalue weighted by molar-refractivity contribution is 0.181. The van der Waals surface area contributed by atoms with E-state index in [0.29, 0.717) is 12.3 Å². The van der Waals surface area contributed by atoms with Gasteiger partial charge in [-0.15, -0.1) is 0 Å². The molecular weight excluding hydrogens is 277 g/mol. The number of nitrogens with one attached hydrogen (secondary N) is 1. The standard InChI is InChI=1S/C14H18FN3OS/c1-16-8-13-11(9-19-3)17-14(20-13)18(2)12-7-5-4-6-10(12)15/h4-7,16H,8-9H2,1-3H3. The fourth-order valence-electron chi connectivity index (χ4n) is 1.89. The summed E-state index contributed by atoms with van der Waals surface area (Å²) in [4.78, 5) is 7.42. The molecule has 1 aromatic carbocycles. The first-order chi connectivity index (χ1) is 9.67. The molecule has 4 nitrogen and oxygen atoms in total. The minimum atomic E-state index is -0.256. The first kappa shape index (κ1) is 14.9. The molecule has 0 atom stereocenters. The minimum absolute atomic E-state index is 0.256. The van der Waals surface area contributed by atoms with E-state index < -0.39 is 0 Å². The lowest BCUT2D eigenvalue weighted by Gasteiger charge is -2.16. The second-order valence-corrected chi connectivity index (χ2v) is 5.40. The van der Waals surface area contributed by atoms with Crippen molar-refractivity contribution in [2.24, 2.45) is 0 Å². The molecule has 0 radical (unpaired) electrons. The third kappa shape index (κ3) is 3.15. The van der Waals surface area contributed by atoms with Crippen molar-refractivity contribution in [1.29, 1.82) is 0 Å². The van der Waals surface area contributed by atoms with E-state index in [1.54, 1.807) is 35.5 Å². The van der Waals surface area contributed by atoms with Gasteiger partial charge < -0.3 is 15.0 Å². The highest BCUT2D eigenvalue weighted by molar-refractivity contribution is 7.15. The highest BCUT2D eigenvalue weighted by Gasteiger charge is 2.16. The summed E-state index contributed by atoms with van der Waals surface area (Å²) in [6.45, 7) is 1.18. The predicted molar refractivity (Wildman–Crippen MR) is 80.1 cm³/mol. The third-order valence-corrected chi connectivity index (χ3v) is 4.06. The first-order valence-corrected chi connectivity index (χ1v) is 7.09. The number of anilines is 2. The van der Waals surface area contributed by atoms with E-state index in [1.165, 1.54) is 6.07 Å². The van der Waals surface area contributed by atoms with Crippen LogP contribution in [0.3, 0.4) is 0 Å². The molecule has 1 N–H and O–H groups in total. The summed E-state index contributed by atoms with van der Waals surface area (Å²) in [5, 5.41) is 3.87. The Morgan fingerprint density at radius 1 is 1.40 bits per heavy atom. The number of ether oxygens (including phenoxy) is 1. The largest absolute Gasteiger partial charge is 0.378 e. The lowest BCUT2D eigenvalue weighted by Crippen LogP contribution is -2.10. The van der Waals surface area contributed by atoms with Gasteiger partial charge in [0, 0.05) is 25.6 Å². The van der Waals surface area contributed by atoms with Crippen LogP contribution in [0.2, 0.25) is 0 Å². The number of rotatable bonds is 6. The molecule has 108 valence electrons. The van der Waals surface area contributed by atoms with Gasteiger partial charge in [-0.25, -0.2) is 9.37 Å². The van der Waals surface area contributed by atoms with Gasteiger partial charge >= 0.3 is 0 Å². The lowest BCUT2D eigenvalue weighted by atomic mass is 10.3. The van der Waals surface area contributed by atoms with Gasteiger partial charge in [0.1, 0.15) is 5.82 Å². The van der Waals surface area contributed by atoms with E-state index in [-0.39, 0.29) is 5.82 Å². The molecule has 2 aromatic rings. The van der Waals surface area contributed by atoms with Crippen LogP contribution in [-0.4, -0.2) is 26.2 Å². The Morgan fingerprint density at radius 2 is 2.15 bits per heavy atom. The molecule has 0 aliphatic carbocycles. The molecule has 1 heterocycles. The summed E-state index contributed by atoms with van der Waals surface area (Å²) in [5.41, 5.74) is 1.41. The number of methoxy groups -OCH3 is 1. The first-order valence-electron chi connectivity index (χ1n) is 6.27. The fourth-order valence-corrected chi connectivity index (χ4v) is 2.94. The molecule has 0 bridgehead atoms. The van der Waals surface area contributed by atoms with Gasteiger partial charge in [0.25, 0.3) is 0 Å². The Bertz CT molecular complexity index is 550. The monoisotopic (exact) mass is 295 g/mol. The van der Waals surface area contributed by atoms with Crippen LogP contribution < -0.4 is 10.2 Å². The number of benzene rings is 1. The summed E-state index contributed by atoms with van der Waals surface area (Å²) in [6, 6.07) is 6.68. The van der Waals surface area contributed by atoms with Gasteiger partial charge in [-0.1, -0.05) is 23.5 Å². The molecule has 0 unspecified atom stereocenters. The van der Waals surface area contributed by atoms with Crippen molar-refractivity contribution in [1.82, 2.24) is 10.3 Å². The minimum Gasteiger partial charge on any atom is -0.378 e. The van der Waals surface area contributed by atoms with Crippen molar-refractivity contribution in [3.8, 4) is 0 Å². The number of nitrogens with zero attached hydrogens (tertiary/aromatic N) is 2. The zero-order valence-corrected chi connectivity index (χ0v) is 12.6. The summed E-state index contributed by atoms with van der Waals surface area (Å²) in [7, 11) is 5.34. The zero-order chi connectivity index (χ0) is 14.5. The van der Waals surface area contributed by atoms with Crippen molar-refractivity contribution in [3.05, 3.63) is 40.7 Å². The van der Waals surface area contributed by atoms with Crippen LogP contribution in [0.1, 0.15) is 10.6 Å². The Kier molecular flexibility index (Phi) is 5.05. The van der Waals surface area contributed by atoms with Crippen LogP contribution in [0.4, 0.5) is 15.2 Å². The SMILES string of the molecule is CNCc1sc(N(C)c2ccccc2F)nc1COC. The molecule has 6 heteroatoms. The normalized spacial score (nSPS) is 10.8. The van der Waals surface area contributed by atoms with Crippen molar-refractivity contribution in [2.75, 3.05) is 26.1 Å². The summed E-state index contributed by atoms with van der Waals surface area (Å²) in [6.07, 6.45) is 0. The van der Waals surface area contributed by atoms with Crippen molar-refractivity contribution >= 4 is 22.2 Å². The Hall–Kier alpha value is -1.50. The summed E-state index contributed by atoms with van der Waals surface area (Å²) < 4.78 is 19.0. The van der Waals surface area contributed by atoms with Crippen LogP contribution >= 0.6 is 11.3 Å². The molecule has 0 spiro atoms. The maximum atomic E-state index is 13.8. The number of halogens is 1. The third-order valence-electron chi connectivity index (χ3n) is 2.89. The van der Waals surface area contributed by atoms with Crippen LogP contribution in [0, 0.1) is 5.82 Å². The predicted octanol–water partition coefficient (Wildman–Crippen LogP) is 2.92. The molecule has 20 heavy (non-hydrogen) atoms. The van der Waals surface area contributed by atoms with Crippen LogP contribution in [0.5, 0.6) is 0 Å². The van der Waals surface area contributed by atoms with Crippen molar-refractivity contribution in [2.45, 2.75) is 13.2 Å². The smallest absolute Gasteiger partial charge is 0.190 e. The van der Waals surface area contributed by atoms with Gasteiger partial charge in [0.05, 0.1) is 18.0 Å². The average molecular weight is 295 g/mol. The Morgan fingerprint density at radius 3 is 2.80 bits per heavy atom. The highest BCUT2D eigenvalue weighted by Crippen LogP contribution is 2.32. The van der Waals surface area contributed by atoms with Crippen LogP contribution in [-0.2, 0) is 17.9 Å². The van der Waals surface area contributed by atoms with Gasteiger partial charge in [-0.05, 0) is 19.2 Å². The van der Waals surface area contributed by atoms with E-state index in [0.717, 1.165) is 22.2 Å². The molecule has 0 fully saturated rings. The number of hydrogen-bond acceptors (Lipinski definition) is 5. The second kappa shape index (κ2) is 6.78. The molecule has 2 rings (SSSR count). The summed E-state index contributed by atoms with van der Waals surface area (Å²) >= 11 is 1.54. The summed E-state index contributed by atoms with van der Waals surface area (Å²) in [5.74, 6) is -0.256. The van der Waals surface area contributed by atoms with Gasteiger partial charge in [0.2, 0.25) is 0 Å². The maximum absolute atomic E-state index is 13.8. The molecule has 0 aliphatic heterocycles. The molecule has 1 aromatic heterocycles. The van der Waals surface area contributed by atoms with Gasteiger partial charge in [0.15, 0.2) is 5.13 Å². The van der Waals surface area contributed by atoms with Crippen molar-refractivity contribution in [3.63, 3.8) is 0 Å². The number of para-hydroxylation sites is 1. The van der Waals surface area contributed by atoms with Gasteiger partial charge in [-0.2, -0.15) is 0 Å². The maximum Gasteiger partial charge on any atom is 0.190 e. The molecule has 0 aliphatic rings. The Balaban J connectivity index is 2.32. The number of thiazole rings is 1. The van der Waals surface area contributed by atoms with Crippen LogP contribution in [0.25, 0.3) is 0 Å². The van der Waals surface area contributed by atoms with E-state index in [9.17, 15) is 4.39 Å².